The van der Waals surface area contributed by atoms with Gasteiger partial charge in [-0.25, -0.2) is 10.2 Å². The maximum absolute atomic E-state index is 10.5. The number of nitrogens with one attached hydrogen (secondary N) is 1. The molecule has 0 saturated heterocycles. The molecule has 108 valence electrons. The summed E-state index contributed by atoms with van der Waals surface area (Å²) in [4.78, 5) is 10.5. The lowest BCUT2D eigenvalue weighted by Crippen LogP contribution is -2.24. The molecule has 0 saturated carbocycles. The number of halogens is 1. The maximum Gasteiger partial charge on any atom is 0.332 e. The Morgan fingerprint density at radius 1 is 1.55 bits per heavy atom. The van der Waals surface area contributed by atoms with Crippen molar-refractivity contribution in [1.29, 1.82) is 0 Å². The Bertz CT molecular complexity index is 518. The monoisotopic (exact) mass is 297 g/mol. The average Bonchev–Trinajstić information content (AvgIpc) is 2.38. The average molecular weight is 298 g/mol. The Kier molecular flexibility index (Phi) is 6.39. The summed E-state index contributed by atoms with van der Waals surface area (Å²) >= 11 is 6.13. The zero-order chi connectivity index (χ0) is 15.0. The first-order valence-electron chi connectivity index (χ1n) is 5.87. The molecule has 0 unspecified atom stereocenters. The molecular formula is C13H16ClN3O3. The van der Waals surface area contributed by atoms with Gasteiger partial charge in [0.25, 0.3) is 0 Å². The molecule has 0 radical (unpaired) electrons. The van der Waals surface area contributed by atoms with Crippen LogP contribution in [-0.2, 0) is 0 Å². The van der Waals surface area contributed by atoms with Gasteiger partial charge in [0.2, 0.25) is 0 Å². The molecule has 0 aliphatic heterocycles. The van der Waals surface area contributed by atoms with Gasteiger partial charge in [-0.05, 0) is 24.6 Å². The zero-order valence-corrected chi connectivity index (χ0v) is 11.8. The number of nitrogens with two attached hydrogens (primary N) is 1. The van der Waals surface area contributed by atoms with Gasteiger partial charge >= 0.3 is 6.03 Å². The summed E-state index contributed by atoms with van der Waals surface area (Å²) in [7, 11) is 0. The minimum Gasteiger partial charge on any atom is -0.490 e. The minimum absolute atomic E-state index is 0.316. The van der Waals surface area contributed by atoms with Crippen LogP contribution in [0.15, 0.2) is 29.9 Å². The number of carbonyl (C=O) groups excluding carboxylic acids is 1. The molecule has 0 heterocycles. The second-order valence-corrected chi connectivity index (χ2v) is 4.00. The van der Waals surface area contributed by atoms with Gasteiger partial charge < -0.3 is 15.2 Å². The molecule has 6 nitrogen and oxygen atoms in total. The molecule has 3 N–H and O–H groups in total. The number of hydrazone groups is 1. The Morgan fingerprint density at radius 2 is 2.30 bits per heavy atom. The number of hydrogen-bond acceptors (Lipinski definition) is 4. The first kappa shape index (κ1) is 15.8. The van der Waals surface area contributed by atoms with E-state index < -0.39 is 6.03 Å². The molecule has 20 heavy (non-hydrogen) atoms. The van der Waals surface area contributed by atoms with Crippen molar-refractivity contribution in [2.24, 2.45) is 10.8 Å². The molecule has 7 heteroatoms. The van der Waals surface area contributed by atoms with E-state index >= 15 is 0 Å². The lowest BCUT2D eigenvalue weighted by atomic mass is 10.2. The van der Waals surface area contributed by atoms with E-state index in [-0.39, 0.29) is 0 Å². The summed E-state index contributed by atoms with van der Waals surface area (Å²) in [5.41, 5.74) is 7.63. The highest BCUT2D eigenvalue weighted by Gasteiger charge is 2.11. The number of rotatable bonds is 7. The van der Waals surface area contributed by atoms with E-state index in [4.69, 9.17) is 26.8 Å². The molecule has 1 aromatic carbocycles. The van der Waals surface area contributed by atoms with Gasteiger partial charge in [-0.15, -0.1) is 0 Å². The molecule has 0 aliphatic rings. The third-order valence-corrected chi connectivity index (χ3v) is 2.35. The Morgan fingerprint density at radius 3 is 2.90 bits per heavy atom. The molecule has 1 aromatic rings. The van der Waals surface area contributed by atoms with E-state index in [9.17, 15) is 4.79 Å². The maximum atomic E-state index is 10.5. The highest BCUT2D eigenvalue weighted by molar-refractivity contribution is 6.32. The Balaban J connectivity index is 3.02. The summed E-state index contributed by atoms with van der Waals surface area (Å²) in [6.07, 6.45) is 3.01. The number of benzene rings is 1. The minimum atomic E-state index is -0.747. The van der Waals surface area contributed by atoms with Gasteiger partial charge in [-0.2, -0.15) is 5.10 Å². The van der Waals surface area contributed by atoms with E-state index in [0.717, 1.165) is 0 Å². The quantitative estimate of drug-likeness (QED) is 0.460. The number of urea groups is 1. The molecule has 0 fully saturated rings. The predicted molar refractivity (Wildman–Crippen MR) is 78.6 cm³/mol. The Hall–Kier alpha value is -2.21. The first-order chi connectivity index (χ1) is 9.58. The molecule has 0 spiro atoms. The third kappa shape index (κ3) is 4.81. The zero-order valence-electron chi connectivity index (χ0n) is 11.1. The lowest BCUT2D eigenvalue weighted by Gasteiger charge is -2.13. The van der Waals surface area contributed by atoms with Crippen molar-refractivity contribution in [3.63, 3.8) is 0 Å². The second kappa shape index (κ2) is 8.06. The van der Waals surface area contributed by atoms with Crippen LogP contribution in [-0.4, -0.2) is 25.5 Å². The van der Waals surface area contributed by atoms with Crippen LogP contribution in [0.25, 0.3) is 0 Å². The summed E-state index contributed by atoms with van der Waals surface area (Å²) in [6.45, 7) is 6.20. The van der Waals surface area contributed by atoms with Gasteiger partial charge in [0.15, 0.2) is 11.5 Å². The molecular weight excluding hydrogens is 282 g/mol. The summed E-state index contributed by atoms with van der Waals surface area (Å²) in [6, 6.07) is 2.58. The van der Waals surface area contributed by atoms with Crippen molar-refractivity contribution in [3.05, 3.63) is 35.4 Å². The van der Waals surface area contributed by atoms with Gasteiger partial charge in [-0.1, -0.05) is 24.3 Å². The van der Waals surface area contributed by atoms with Crippen molar-refractivity contribution in [2.45, 2.75) is 6.92 Å². The fourth-order valence-electron chi connectivity index (χ4n) is 1.38. The van der Waals surface area contributed by atoms with Gasteiger partial charge in [0.1, 0.15) is 6.61 Å². The smallest absolute Gasteiger partial charge is 0.332 e. The van der Waals surface area contributed by atoms with Gasteiger partial charge in [0.05, 0.1) is 17.8 Å². The van der Waals surface area contributed by atoms with E-state index in [2.05, 4.69) is 17.1 Å². The second-order valence-electron chi connectivity index (χ2n) is 3.60. The van der Waals surface area contributed by atoms with Gasteiger partial charge in [0, 0.05) is 0 Å². The molecule has 0 aromatic heterocycles. The first-order valence-corrected chi connectivity index (χ1v) is 6.24. The molecule has 1 rings (SSSR count). The van der Waals surface area contributed by atoms with Crippen LogP contribution < -0.4 is 20.6 Å². The summed E-state index contributed by atoms with van der Waals surface area (Å²) in [5, 5.41) is 4.03. The van der Waals surface area contributed by atoms with Crippen molar-refractivity contribution in [1.82, 2.24) is 5.43 Å². The van der Waals surface area contributed by atoms with Crippen molar-refractivity contribution < 1.29 is 14.3 Å². The normalized spacial score (nSPS) is 10.3. The molecule has 0 aliphatic carbocycles. The summed E-state index contributed by atoms with van der Waals surface area (Å²) in [5.74, 6) is 0.927. The predicted octanol–water partition coefficient (Wildman–Crippen LogP) is 2.31. The van der Waals surface area contributed by atoms with Crippen LogP contribution in [0.2, 0.25) is 5.02 Å². The number of ether oxygens (including phenoxy) is 2. The molecule has 2 amide bonds. The van der Waals surface area contributed by atoms with Crippen LogP contribution in [0.1, 0.15) is 12.5 Å². The van der Waals surface area contributed by atoms with Crippen LogP contribution >= 0.6 is 11.6 Å². The Labute approximate surface area is 122 Å². The van der Waals surface area contributed by atoms with Crippen molar-refractivity contribution >= 4 is 23.8 Å². The highest BCUT2D eigenvalue weighted by Crippen LogP contribution is 2.36. The van der Waals surface area contributed by atoms with E-state index in [0.29, 0.717) is 35.3 Å². The number of amides is 2. The number of nitrogens with zero attached hydrogens (tertiary/aromatic N) is 1. The topological polar surface area (TPSA) is 85.9 Å². The SMILES string of the molecule is C=CCOc1c(Cl)cc(C=NNC(N)=O)cc1OCC. The van der Waals surface area contributed by atoms with Crippen LogP contribution in [0.4, 0.5) is 4.79 Å². The largest absolute Gasteiger partial charge is 0.490 e. The van der Waals surface area contributed by atoms with Crippen molar-refractivity contribution in [2.75, 3.05) is 13.2 Å². The van der Waals surface area contributed by atoms with Gasteiger partial charge in [-0.3, -0.25) is 0 Å². The highest BCUT2D eigenvalue weighted by atomic mass is 35.5. The molecule has 0 atom stereocenters. The lowest BCUT2D eigenvalue weighted by molar-refractivity contribution is 0.249. The van der Waals surface area contributed by atoms with Crippen LogP contribution in [0, 0.1) is 0 Å². The number of primary amides is 1. The van der Waals surface area contributed by atoms with Crippen LogP contribution in [0.5, 0.6) is 11.5 Å². The third-order valence-electron chi connectivity index (χ3n) is 2.07. The molecule has 0 bridgehead atoms. The number of carbonyl (C=O) groups is 1. The summed E-state index contributed by atoms with van der Waals surface area (Å²) < 4.78 is 10.9. The fraction of sp³-hybridized carbons (Fsp3) is 0.231. The van der Waals surface area contributed by atoms with Crippen LogP contribution in [0.3, 0.4) is 0 Å². The standard InChI is InChI=1S/C13H16ClN3O3/c1-3-5-20-12-10(14)6-9(7-11(12)19-4-2)8-16-17-13(15)18/h3,6-8H,1,4-5H2,2H3,(H3,15,17,18). The van der Waals surface area contributed by atoms with E-state index in [1.807, 2.05) is 6.92 Å². The van der Waals surface area contributed by atoms with E-state index in [1.165, 1.54) is 6.21 Å². The van der Waals surface area contributed by atoms with E-state index in [1.54, 1.807) is 18.2 Å². The number of hydrogen-bond donors (Lipinski definition) is 2. The fourth-order valence-corrected chi connectivity index (χ4v) is 1.65. The van der Waals surface area contributed by atoms with Crippen molar-refractivity contribution in [3.8, 4) is 11.5 Å².